The number of carbonyl (C=O) groups excluding carboxylic acids is 8. The van der Waals surface area contributed by atoms with Crippen molar-refractivity contribution in [3.63, 3.8) is 0 Å². The molecule has 2 aromatic rings. The Morgan fingerprint density at radius 1 is 0.268 bits per heavy atom. The lowest BCUT2D eigenvalue weighted by molar-refractivity contribution is -0.132. The number of hydrogen-bond donors (Lipinski definition) is 8. The summed E-state index contributed by atoms with van der Waals surface area (Å²) in [5.74, 6) is -3.63. The summed E-state index contributed by atoms with van der Waals surface area (Å²) in [5, 5.41) is 22.3. The monoisotopic (exact) mass is 1820 g/mol. The molecule has 0 saturated carbocycles. The summed E-state index contributed by atoms with van der Waals surface area (Å²) in [4.78, 5) is 112. The average Bonchev–Trinajstić information content (AvgIpc) is 0.850. The van der Waals surface area contributed by atoms with Crippen molar-refractivity contribution < 1.29 is 143 Å². The second-order valence-corrected chi connectivity index (χ2v) is 31.4. The van der Waals surface area contributed by atoms with Gasteiger partial charge in [0.15, 0.2) is 0 Å². The molecule has 0 saturated heterocycles. The van der Waals surface area contributed by atoms with E-state index in [1.807, 2.05) is 0 Å². The van der Waals surface area contributed by atoms with Crippen LogP contribution >= 0.6 is 0 Å². The first kappa shape index (κ1) is 116. The van der Waals surface area contributed by atoms with E-state index in [-0.39, 0.29) is 115 Å². The molecule has 0 aliphatic rings. The fourth-order valence-corrected chi connectivity index (χ4v) is 11.1. The summed E-state index contributed by atoms with van der Waals surface area (Å²) >= 11 is 0. The van der Waals surface area contributed by atoms with Crippen molar-refractivity contribution >= 4 is 47.6 Å². The maximum absolute atomic E-state index is 15.0. The van der Waals surface area contributed by atoms with Crippen LogP contribution in [0, 0.1) is 10.8 Å². The van der Waals surface area contributed by atoms with Gasteiger partial charge in [0.05, 0.1) is 238 Å². The highest BCUT2D eigenvalue weighted by atomic mass is 16.6. The Labute approximate surface area is 753 Å². The number of carbonyl (C=O) groups is 8. The Bertz CT molecular complexity index is 2800. The smallest absolute Gasteiger partial charge is 0.408 e. The van der Waals surface area contributed by atoms with Gasteiger partial charge in [-0.25, -0.2) is 9.59 Å². The number of alkyl carbamates (subject to hydrolysis) is 2. The number of benzene rings is 2. The van der Waals surface area contributed by atoms with Crippen molar-refractivity contribution in [1.29, 1.82) is 0 Å². The predicted molar refractivity (Wildman–Crippen MR) is 471 cm³/mol. The van der Waals surface area contributed by atoms with Crippen LogP contribution in [0.5, 0.6) is 0 Å². The molecule has 127 heavy (non-hydrogen) atoms. The first-order valence-electron chi connectivity index (χ1n) is 44.7. The molecule has 8 amide bonds. The molecule has 0 aliphatic carbocycles. The van der Waals surface area contributed by atoms with Gasteiger partial charge in [-0.15, -0.1) is 0 Å². The third-order valence-electron chi connectivity index (χ3n) is 18.0. The van der Waals surface area contributed by atoms with Gasteiger partial charge in [-0.1, -0.05) is 102 Å². The predicted octanol–water partition coefficient (Wildman–Crippen LogP) is 4.99. The average molecular weight is 1820 g/mol. The van der Waals surface area contributed by atoms with E-state index < -0.39 is 66.4 Å². The Morgan fingerprint density at radius 3 is 0.748 bits per heavy atom. The van der Waals surface area contributed by atoms with E-state index in [2.05, 4.69) is 84.1 Å². The van der Waals surface area contributed by atoms with Crippen LogP contribution in [0.1, 0.15) is 123 Å². The van der Waals surface area contributed by atoms with Crippen LogP contribution in [0.25, 0.3) is 0 Å². The normalized spacial score (nSPS) is 12.5. The minimum Gasteiger partial charge on any atom is -0.445 e. The van der Waals surface area contributed by atoms with Crippen molar-refractivity contribution in [2.45, 2.75) is 150 Å². The zero-order valence-corrected chi connectivity index (χ0v) is 77.2. The second kappa shape index (κ2) is 82.2. The highest BCUT2D eigenvalue weighted by Gasteiger charge is 2.35. The standard InChI is InChI=1S/C89H156N8O30/c1-88(2,3)27-19-31-92-82(100)76(25-15-17-29-90-80(98)72-124-67-65-122-63-61-120-59-57-118-55-53-116-51-49-114-47-45-112-43-41-110-39-37-108-35-33-106-7)94-84(102)78(96-86(104)126-70-74-21-11-9-12-22-74)69-79(97-87(105)127-71-75-23-13-10-14-24-75)85(103)95-77(83(101)93-32-20-28-89(4,5)6)26-16-18-30-91-81(99)73-125-68-66-123-64-62-121-60-58-119-56-54-117-52-50-115-48-46-113-44-42-111-40-38-109-36-34-107-8/h9-14,21-24,76-79H,15-20,25-73H2,1-8H3,(H,90,98)(H,91,99)(H,92,100)(H,93,101)(H,94,102)(H,95,103)(H,96,104)(H,97,105)/t76-,77-,78?,79?/m0/s1. The highest BCUT2D eigenvalue weighted by molar-refractivity contribution is 5.94. The van der Waals surface area contributed by atoms with E-state index in [0.29, 0.717) is 261 Å². The van der Waals surface area contributed by atoms with Gasteiger partial charge in [-0.3, -0.25) is 28.8 Å². The molecule has 2 rings (SSSR count). The molecular formula is C89H156N8O30. The molecule has 2 aromatic carbocycles. The second-order valence-electron chi connectivity index (χ2n) is 31.4. The topological polar surface area (TPSA) is 436 Å². The van der Waals surface area contributed by atoms with Crippen LogP contribution in [-0.2, 0) is 146 Å². The molecule has 0 aromatic heterocycles. The third-order valence-corrected chi connectivity index (χ3v) is 18.0. The zero-order valence-electron chi connectivity index (χ0n) is 77.2. The number of nitrogens with one attached hydrogen (secondary N) is 8. The van der Waals surface area contributed by atoms with Gasteiger partial charge < -0.3 is 147 Å². The minimum absolute atomic E-state index is 0.0342. The summed E-state index contributed by atoms with van der Waals surface area (Å²) in [5.41, 5.74) is 1.18. The van der Waals surface area contributed by atoms with E-state index in [1.54, 1.807) is 74.9 Å². The van der Waals surface area contributed by atoms with Gasteiger partial charge in [0.1, 0.15) is 50.6 Å². The van der Waals surface area contributed by atoms with Gasteiger partial charge in [0, 0.05) is 46.8 Å². The molecule has 732 valence electrons. The van der Waals surface area contributed by atoms with Gasteiger partial charge >= 0.3 is 12.2 Å². The molecule has 4 atom stereocenters. The molecule has 0 aliphatic heterocycles. The number of methoxy groups -OCH3 is 2. The van der Waals surface area contributed by atoms with E-state index in [9.17, 15) is 38.4 Å². The Kier molecular flexibility index (Phi) is 75.1. The maximum atomic E-state index is 15.0. The SMILES string of the molecule is COCCOCCOCCOCCOCCOCCOCCOCCOCCOCC(=O)NCCCC[C@H](NC(=O)C(CC(NC(=O)OCc1ccccc1)C(=O)N[C@@H](CCCCNC(=O)COCCOCCOCCOCCOCCOCCOCCOCCOCCOC)C(=O)NCCCC(C)(C)C)NC(=O)OCc1ccccc1)C(=O)NCCCC(C)(C)C. The van der Waals surface area contributed by atoms with E-state index in [1.165, 1.54) is 0 Å². The Balaban J connectivity index is 1.99. The van der Waals surface area contributed by atoms with Crippen molar-refractivity contribution in [3.8, 4) is 0 Å². The van der Waals surface area contributed by atoms with Crippen molar-refractivity contribution in [2.24, 2.45) is 10.8 Å². The van der Waals surface area contributed by atoms with Crippen LogP contribution in [0.2, 0.25) is 0 Å². The summed E-state index contributed by atoms with van der Waals surface area (Å²) < 4.78 is 120. The molecular weight excluding hydrogens is 1660 g/mol. The quantitative estimate of drug-likeness (QED) is 0.0404. The number of unbranched alkanes of at least 4 members (excludes halogenated alkanes) is 2. The first-order valence-corrected chi connectivity index (χ1v) is 44.7. The summed E-state index contributed by atoms with van der Waals surface area (Å²) in [6, 6.07) is 11.8. The lowest BCUT2D eigenvalue weighted by atomic mass is 9.90. The van der Waals surface area contributed by atoms with Crippen molar-refractivity contribution in [2.75, 3.05) is 291 Å². The van der Waals surface area contributed by atoms with E-state index in [0.717, 1.165) is 12.8 Å². The van der Waals surface area contributed by atoms with Gasteiger partial charge in [-0.05, 0) is 86.2 Å². The number of amides is 8. The number of hydrogen-bond acceptors (Lipinski definition) is 30. The molecule has 2 unspecified atom stereocenters. The van der Waals surface area contributed by atoms with Gasteiger partial charge in [-0.2, -0.15) is 0 Å². The molecule has 0 radical (unpaired) electrons. The van der Waals surface area contributed by atoms with Crippen molar-refractivity contribution in [3.05, 3.63) is 71.8 Å². The van der Waals surface area contributed by atoms with Crippen LogP contribution in [-0.4, -0.2) is 363 Å². The minimum atomic E-state index is -1.68. The Hall–Kier alpha value is -7.00. The van der Waals surface area contributed by atoms with E-state index >= 15 is 0 Å². The molecule has 38 heteroatoms. The maximum Gasteiger partial charge on any atom is 0.408 e. The fraction of sp³-hybridized carbons (Fsp3) is 0.775. The molecule has 8 N–H and O–H groups in total. The van der Waals surface area contributed by atoms with Crippen LogP contribution in [0.15, 0.2) is 60.7 Å². The summed E-state index contributed by atoms with van der Waals surface area (Å²) in [6.07, 6.45) is 1.59. The zero-order chi connectivity index (χ0) is 92.3. The van der Waals surface area contributed by atoms with Crippen molar-refractivity contribution in [1.82, 2.24) is 42.5 Å². The van der Waals surface area contributed by atoms with Crippen LogP contribution in [0.3, 0.4) is 0 Å². The number of ether oxygens (including phenoxy) is 22. The largest absolute Gasteiger partial charge is 0.445 e. The lowest BCUT2D eigenvalue weighted by Crippen LogP contribution is -2.59. The van der Waals surface area contributed by atoms with E-state index in [4.69, 9.17) is 104 Å². The highest BCUT2D eigenvalue weighted by Crippen LogP contribution is 2.21. The number of rotatable bonds is 88. The fourth-order valence-electron chi connectivity index (χ4n) is 11.1. The lowest BCUT2D eigenvalue weighted by Gasteiger charge is -2.27. The van der Waals surface area contributed by atoms with Crippen LogP contribution < -0.4 is 42.5 Å². The Morgan fingerprint density at radius 2 is 0.504 bits per heavy atom. The summed E-state index contributed by atoms with van der Waals surface area (Å²) in [7, 11) is 3.26. The molecule has 0 spiro atoms. The van der Waals surface area contributed by atoms with Crippen LogP contribution in [0.4, 0.5) is 9.59 Å². The molecule has 0 fully saturated rings. The van der Waals surface area contributed by atoms with Gasteiger partial charge in [0.25, 0.3) is 0 Å². The third kappa shape index (κ3) is 75.4. The molecule has 0 bridgehead atoms. The molecule has 0 heterocycles. The molecule has 38 nitrogen and oxygen atoms in total. The first-order chi connectivity index (χ1) is 61.7. The van der Waals surface area contributed by atoms with Gasteiger partial charge in [0.2, 0.25) is 35.4 Å². The summed E-state index contributed by atoms with van der Waals surface area (Å²) in [6.45, 7) is 27.6.